The summed E-state index contributed by atoms with van der Waals surface area (Å²) >= 11 is 0. The van der Waals surface area contributed by atoms with Crippen molar-refractivity contribution in [1.29, 1.82) is 0 Å². The van der Waals surface area contributed by atoms with E-state index in [2.05, 4.69) is 15.8 Å². The fourth-order valence-electron chi connectivity index (χ4n) is 2.10. The van der Waals surface area contributed by atoms with E-state index in [1.807, 2.05) is 18.2 Å². The molecule has 25 heavy (non-hydrogen) atoms. The number of hydrogen-bond acceptors (Lipinski definition) is 6. The predicted molar refractivity (Wildman–Crippen MR) is 88.7 cm³/mol. The highest BCUT2D eigenvalue weighted by Gasteiger charge is 2.23. The number of aromatic nitrogens is 1. The Hall–Kier alpha value is -3.16. The Morgan fingerprint density at radius 3 is 2.52 bits per heavy atom. The number of esters is 1. The standard InChI is InChI=1S/C17H19N3O5/c1-3-18-13(21)9-19-14(22)10-24-17(23)15-11(2)25-20-16(15)12-7-5-4-6-8-12/h4-8H,3,9-10H2,1-2H3,(H,18,21)(H,19,22). The molecule has 0 aliphatic carbocycles. The first-order valence-corrected chi connectivity index (χ1v) is 7.75. The van der Waals surface area contributed by atoms with Gasteiger partial charge in [0.2, 0.25) is 5.91 Å². The minimum absolute atomic E-state index is 0.169. The zero-order valence-corrected chi connectivity index (χ0v) is 14.0. The van der Waals surface area contributed by atoms with Crippen LogP contribution in [0.25, 0.3) is 11.3 Å². The lowest BCUT2D eigenvalue weighted by Crippen LogP contribution is -2.38. The first-order valence-electron chi connectivity index (χ1n) is 7.75. The number of carbonyl (C=O) groups excluding carboxylic acids is 3. The Morgan fingerprint density at radius 2 is 1.84 bits per heavy atom. The van der Waals surface area contributed by atoms with Gasteiger partial charge in [-0.3, -0.25) is 9.59 Å². The Balaban J connectivity index is 1.97. The van der Waals surface area contributed by atoms with Crippen LogP contribution in [0.5, 0.6) is 0 Å². The number of hydrogen-bond donors (Lipinski definition) is 2. The summed E-state index contributed by atoms with van der Waals surface area (Å²) in [6.07, 6.45) is 0. The Bertz CT molecular complexity index is 755. The van der Waals surface area contributed by atoms with Gasteiger partial charge in [-0.05, 0) is 13.8 Å². The van der Waals surface area contributed by atoms with Crippen molar-refractivity contribution in [2.45, 2.75) is 13.8 Å². The third-order valence-electron chi connectivity index (χ3n) is 3.27. The van der Waals surface area contributed by atoms with Crippen LogP contribution in [0, 0.1) is 6.92 Å². The van der Waals surface area contributed by atoms with Gasteiger partial charge in [0.25, 0.3) is 5.91 Å². The number of carbonyl (C=O) groups is 3. The summed E-state index contributed by atoms with van der Waals surface area (Å²) in [6, 6.07) is 9.03. The number of ether oxygens (including phenoxy) is 1. The monoisotopic (exact) mass is 345 g/mol. The SMILES string of the molecule is CCNC(=O)CNC(=O)COC(=O)c1c(-c2ccccc2)noc1C. The second-order valence-electron chi connectivity index (χ2n) is 5.13. The number of nitrogens with zero attached hydrogens (tertiary/aromatic N) is 1. The molecule has 132 valence electrons. The van der Waals surface area contributed by atoms with Crippen molar-refractivity contribution in [2.24, 2.45) is 0 Å². The molecule has 1 heterocycles. The molecule has 8 heteroatoms. The second-order valence-corrected chi connectivity index (χ2v) is 5.13. The molecule has 1 aromatic carbocycles. The zero-order chi connectivity index (χ0) is 18.2. The molecule has 2 N–H and O–H groups in total. The first-order chi connectivity index (χ1) is 12.0. The van der Waals surface area contributed by atoms with E-state index < -0.39 is 18.5 Å². The van der Waals surface area contributed by atoms with Gasteiger partial charge in [0.15, 0.2) is 6.61 Å². The molecular weight excluding hydrogens is 326 g/mol. The van der Waals surface area contributed by atoms with E-state index in [0.717, 1.165) is 0 Å². The zero-order valence-electron chi connectivity index (χ0n) is 14.0. The number of amides is 2. The van der Waals surface area contributed by atoms with E-state index in [9.17, 15) is 14.4 Å². The second kappa shape index (κ2) is 8.62. The van der Waals surface area contributed by atoms with Gasteiger partial charge in [-0.2, -0.15) is 0 Å². The van der Waals surface area contributed by atoms with Gasteiger partial charge in [-0.25, -0.2) is 4.79 Å². The summed E-state index contributed by atoms with van der Waals surface area (Å²) in [7, 11) is 0. The van der Waals surface area contributed by atoms with Crippen molar-refractivity contribution in [3.05, 3.63) is 41.7 Å². The molecule has 0 saturated heterocycles. The highest BCUT2D eigenvalue weighted by molar-refractivity contribution is 5.98. The molecule has 2 rings (SSSR count). The van der Waals surface area contributed by atoms with Crippen molar-refractivity contribution >= 4 is 17.8 Å². The lowest BCUT2D eigenvalue weighted by Gasteiger charge is -2.07. The predicted octanol–water partition coefficient (Wildman–Crippen LogP) is 1.06. The molecule has 0 radical (unpaired) electrons. The molecule has 8 nitrogen and oxygen atoms in total. The van der Waals surface area contributed by atoms with Crippen LogP contribution < -0.4 is 10.6 Å². The summed E-state index contributed by atoms with van der Waals surface area (Å²) in [5.74, 6) is -1.31. The highest BCUT2D eigenvalue weighted by atomic mass is 16.5. The summed E-state index contributed by atoms with van der Waals surface area (Å²) in [6.45, 7) is 3.15. The van der Waals surface area contributed by atoms with Crippen LogP contribution >= 0.6 is 0 Å². The maximum atomic E-state index is 12.3. The molecule has 0 fully saturated rings. The Kier molecular flexibility index (Phi) is 6.27. The smallest absolute Gasteiger partial charge is 0.344 e. The van der Waals surface area contributed by atoms with Crippen molar-refractivity contribution in [3.8, 4) is 11.3 Å². The molecule has 0 unspecified atom stereocenters. The van der Waals surface area contributed by atoms with E-state index in [1.165, 1.54) is 0 Å². The van der Waals surface area contributed by atoms with Gasteiger partial charge in [0.05, 0.1) is 6.54 Å². The normalized spacial score (nSPS) is 10.2. The van der Waals surface area contributed by atoms with Crippen molar-refractivity contribution in [3.63, 3.8) is 0 Å². The van der Waals surface area contributed by atoms with Gasteiger partial charge >= 0.3 is 5.97 Å². The largest absolute Gasteiger partial charge is 0.452 e. The van der Waals surface area contributed by atoms with E-state index in [0.29, 0.717) is 23.6 Å². The lowest BCUT2D eigenvalue weighted by molar-refractivity contribution is -0.127. The summed E-state index contributed by atoms with van der Waals surface area (Å²) in [4.78, 5) is 35.2. The van der Waals surface area contributed by atoms with Gasteiger partial charge in [0, 0.05) is 12.1 Å². The number of nitrogens with one attached hydrogen (secondary N) is 2. The average Bonchev–Trinajstić information content (AvgIpc) is 3.00. The van der Waals surface area contributed by atoms with Gasteiger partial charge in [0.1, 0.15) is 17.0 Å². The molecule has 0 aliphatic rings. The molecule has 0 saturated carbocycles. The minimum atomic E-state index is -0.717. The van der Waals surface area contributed by atoms with Crippen molar-refractivity contribution < 1.29 is 23.6 Å². The summed E-state index contributed by atoms with van der Waals surface area (Å²) in [5, 5.41) is 8.79. The van der Waals surface area contributed by atoms with Gasteiger partial charge in [-0.15, -0.1) is 0 Å². The summed E-state index contributed by atoms with van der Waals surface area (Å²) < 4.78 is 10.1. The maximum absolute atomic E-state index is 12.3. The number of likely N-dealkylation sites (N-methyl/N-ethyl adjacent to an activating group) is 1. The van der Waals surface area contributed by atoms with Gasteiger partial charge in [-0.1, -0.05) is 35.5 Å². The molecule has 2 aromatic rings. The molecule has 0 spiro atoms. The Labute approximate surface area is 144 Å². The number of aryl methyl sites for hydroxylation is 1. The van der Waals surface area contributed by atoms with Crippen LogP contribution in [0.2, 0.25) is 0 Å². The van der Waals surface area contributed by atoms with Gasteiger partial charge < -0.3 is 19.9 Å². The van der Waals surface area contributed by atoms with Crippen molar-refractivity contribution in [2.75, 3.05) is 19.7 Å². The number of rotatable bonds is 7. The average molecular weight is 345 g/mol. The molecule has 1 aromatic heterocycles. The molecular formula is C17H19N3O5. The van der Waals surface area contributed by atoms with Crippen LogP contribution in [0.15, 0.2) is 34.9 Å². The van der Waals surface area contributed by atoms with E-state index >= 15 is 0 Å². The topological polar surface area (TPSA) is 111 Å². The number of benzene rings is 1. The fraction of sp³-hybridized carbons (Fsp3) is 0.294. The quantitative estimate of drug-likeness (QED) is 0.726. The summed E-state index contributed by atoms with van der Waals surface area (Å²) in [5.41, 5.74) is 1.22. The molecule has 0 atom stereocenters. The third-order valence-corrected chi connectivity index (χ3v) is 3.27. The maximum Gasteiger partial charge on any atom is 0.344 e. The molecule has 0 aliphatic heterocycles. The fourth-order valence-corrected chi connectivity index (χ4v) is 2.10. The third kappa shape index (κ3) is 4.90. The molecule has 0 bridgehead atoms. The van der Waals surface area contributed by atoms with E-state index in [4.69, 9.17) is 9.26 Å². The highest BCUT2D eigenvalue weighted by Crippen LogP contribution is 2.25. The molecule has 2 amide bonds. The van der Waals surface area contributed by atoms with Crippen LogP contribution in [0.4, 0.5) is 0 Å². The van der Waals surface area contributed by atoms with Crippen LogP contribution in [0.1, 0.15) is 23.0 Å². The Morgan fingerprint density at radius 1 is 1.12 bits per heavy atom. The van der Waals surface area contributed by atoms with E-state index in [-0.39, 0.29) is 18.0 Å². The minimum Gasteiger partial charge on any atom is -0.452 e. The van der Waals surface area contributed by atoms with Crippen LogP contribution in [-0.2, 0) is 14.3 Å². The van der Waals surface area contributed by atoms with E-state index in [1.54, 1.807) is 26.0 Å². The lowest BCUT2D eigenvalue weighted by atomic mass is 10.1. The van der Waals surface area contributed by atoms with Crippen molar-refractivity contribution in [1.82, 2.24) is 15.8 Å². The first kappa shape index (κ1) is 18.2. The van der Waals surface area contributed by atoms with Crippen LogP contribution in [-0.4, -0.2) is 42.6 Å². The van der Waals surface area contributed by atoms with Crippen LogP contribution in [0.3, 0.4) is 0 Å².